The Bertz CT molecular complexity index is 668. The molecule has 0 fully saturated rings. The smallest absolute Gasteiger partial charge is 0.272 e. The van der Waals surface area contributed by atoms with Gasteiger partial charge in [0.1, 0.15) is 5.75 Å². The maximum Gasteiger partial charge on any atom is 0.272 e. The highest BCUT2D eigenvalue weighted by Crippen LogP contribution is 2.19. The lowest BCUT2D eigenvalue weighted by atomic mass is 10.0. The fourth-order valence-corrected chi connectivity index (χ4v) is 2.35. The number of hydrogen-bond donors (Lipinski definition) is 1. The summed E-state index contributed by atoms with van der Waals surface area (Å²) in [5.41, 5.74) is 1.04. The van der Waals surface area contributed by atoms with Crippen molar-refractivity contribution in [1.29, 1.82) is 0 Å². The van der Waals surface area contributed by atoms with Gasteiger partial charge in [-0.2, -0.15) is 5.10 Å². The first-order valence-corrected chi connectivity index (χ1v) is 6.94. The molecule has 0 radical (unpaired) electrons. The van der Waals surface area contributed by atoms with Crippen LogP contribution in [0.25, 0.3) is 0 Å². The number of nitrogens with zero attached hydrogens (tertiary/aromatic N) is 2. The van der Waals surface area contributed by atoms with Crippen molar-refractivity contribution in [2.45, 2.75) is 19.4 Å². The second-order valence-electron chi connectivity index (χ2n) is 4.80. The summed E-state index contributed by atoms with van der Waals surface area (Å²) in [6, 6.07) is 7.40. The SMILES string of the molecule is COc1ccc(Cn2ncc(Cl)c(C(C)CO)c2=O)cc1. The van der Waals surface area contributed by atoms with E-state index in [1.54, 1.807) is 14.0 Å². The Labute approximate surface area is 127 Å². The lowest BCUT2D eigenvalue weighted by molar-refractivity contribution is 0.271. The highest BCUT2D eigenvalue weighted by Gasteiger charge is 2.16. The fraction of sp³-hybridized carbons (Fsp3) is 0.333. The van der Waals surface area contributed by atoms with E-state index < -0.39 is 0 Å². The minimum absolute atomic E-state index is 0.137. The third-order valence-corrected chi connectivity index (χ3v) is 3.59. The zero-order valence-corrected chi connectivity index (χ0v) is 12.7. The topological polar surface area (TPSA) is 64.3 Å². The Morgan fingerprint density at radius 3 is 2.62 bits per heavy atom. The van der Waals surface area contributed by atoms with Gasteiger partial charge in [0.15, 0.2) is 0 Å². The van der Waals surface area contributed by atoms with Crippen LogP contribution in [-0.2, 0) is 6.54 Å². The zero-order chi connectivity index (χ0) is 15.4. The van der Waals surface area contributed by atoms with Gasteiger partial charge in [0.05, 0.1) is 24.9 Å². The third kappa shape index (κ3) is 3.43. The summed E-state index contributed by atoms with van der Waals surface area (Å²) >= 11 is 6.01. The van der Waals surface area contributed by atoms with Gasteiger partial charge in [-0.05, 0) is 17.7 Å². The molecule has 1 aromatic carbocycles. The Hall–Kier alpha value is -1.85. The first-order chi connectivity index (χ1) is 10.1. The van der Waals surface area contributed by atoms with Crippen molar-refractivity contribution in [1.82, 2.24) is 9.78 Å². The van der Waals surface area contributed by atoms with E-state index in [0.717, 1.165) is 11.3 Å². The average Bonchev–Trinajstić information content (AvgIpc) is 2.50. The molecule has 112 valence electrons. The van der Waals surface area contributed by atoms with Crippen LogP contribution in [0.4, 0.5) is 0 Å². The molecule has 1 heterocycles. The molecule has 1 N–H and O–H groups in total. The summed E-state index contributed by atoms with van der Waals surface area (Å²) in [5, 5.41) is 13.6. The molecule has 0 saturated carbocycles. The summed E-state index contributed by atoms with van der Waals surface area (Å²) in [7, 11) is 1.60. The Kier molecular flexibility index (Phi) is 4.98. The van der Waals surface area contributed by atoms with Gasteiger partial charge in [0.25, 0.3) is 5.56 Å². The summed E-state index contributed by atoms with van der Waals surface area (Å²) in [6.45, 7) is 1.95. The van der Waals surface area contributed by atoms with Gasteiger partial charge >= 0.3 is 0 Å². The normalized spacial score (nSPS) is 12.2. The summed E-state index contributed by atoms with van der Waals surface area (Å²) < 4.78 is 6.44. The molecule has 0 aliphatic heterocycles. The molecule has 0 saturated heterocycles. The molecule has 0 aliphatic rings. The van der Waals surface area contributed by atoms with E-state index in [4.69, 9.17) is 16.3 Å². The summed E-state index contributed by atoms with van der Waals surface area (Å²) in [5.74, 6) is 0.430. The number of ether oxygens (including phenoxy) is 1. The molecular weight excluding hydrogens is 292 g/mol. The van der Waals surface area contributed by atoms with Gasteiger partial charge in [-0.25, -0.2) is 4.68 Å². The second kappa shape index (κ2) is 6.74. The number of aliphatic hydroxyl groups is 1. The average molecular weight is 309 g/mol. The number of aromatic nitrogens is 2. The Morgan fingerprint density at radius 1 is 1.38 bits per heavy atom. The number of halogens is 1. The van der Waals surface area contributed by atoms with Crippen LogP contribution in [0.1, 0.15) is 24.0 Å². The standard InChI is InChI=1S/C15H17ClN2O3/c1-10(9-19)14-13(16)7-17-18(15(14)20)8-11-3-5-12(21-2)6-4-11/h3-7,10,19H,8-9H2,1-2H3. The first-order valence-electron chi connectivity index (χ1n) is 6.56. The molecule has 1 aromatic heterocycles. The van der Waals surface area contributed by atoms with Crippen LogP contribution in [0.15, 0.2) is 35.3 Å². The molecule has 6 heteroatoms. The number of aliphatic hydroxyl groups excluding tert-OH is 1. The van der Waals surface area contributed by atoms with Crippen LogP contribution in [0.5, 0.6) is 5.75 Å². The minimum Gasteiger partial charge on any atom is -0.497 e. The van der Waals surface area contributed by atoms with E-state index in [1.807, 2.05) is 24.3 Å². The van der Waals surface area contributed by atoms with Gasteiger partial charge < -0.3 is 9.84 Å². The van der Waals surface area contributed by atoms with Crippen molar-refractivity contribution >= 4 is 11.6 Å². The molecule has 2 aromatic rings. The molecule has 0 aliphatic carbocycles. The largest absolute Gasteiger partial charge is 0.497 e. The Morgan fingerprint density at radius 2 is 2.05 bits per heavy atom. The van der Waals surface area contributed by atoms with Crippen molar-refractivity contribution in [2.24, 2.45) is 0 Å². The van der Waals surface area contributed by atoms with Gasteiger partial charge in [-0.3, -0.25) is 4.79 Å². The van der Waals surface area contributed by atoms with Crippen molar-refractivity contribution in [2.75, 3.05) is 13.7 Å². The summed E-state index contributed by atoms with van der Waals surface area (Å²) in [4.78, 5) is 12.4. The zero-order valence-electron chi connectivity index (χ0n) is 11.9. The number of hydrogen-bond acceptors (Lipinski definition) is 4. The first kappa shape index (κ1) is 15.5. The minimum atomic E-state index is -0.324. The predicted molar refractivity (Wildman–Crippen MR) is 81.1 cm³/mol. The number of methoxy groups -OCH3 is 1. The second-order valence-corrected chi connectivity index (χ2v) is 5.21. The van der Waals surface area contributed by atoms with Gasteiger partial charge in [0.2, 0.25) is 0 Å². The highest BCUT2D eigenvalue weighted by molar-refractivity contribution is 6.31. The quantitative estimate of drug-likeness (QED) is 0.918. The van der Waals surface area contributed by atoms with E-state index in [-0.39, 0.29) is 23.1 Å². The van der Waals surface area contributed by atoms with E-state index in [9.17, 15) is 9.90 Å². The van der Waals surface area contributed by atoms with Gasteiger partial charge in [-0.15, -0.1) is 0 Å². The highest BCUT2D eigenvalue weighted by atomic mass is 35.5. The number of benzene rings is 1. The van der Waals surface area contributed by atoms with Gasteiger partial charge in [0, 0.05) is 18.1 Å². The summed E-state index contributed by atoms with van der Waals surface area (Å²) in [6.07, 6.45) is 1.44. The molecule has 0 bridgehead atoms. The molecule has 21 heavy (non-hydrogen) atoms. The molecule has 0 spiro atoms. The van der Waals surface area contributed by atoms with Crippen LogP contribution in [0.3, 0.4) is 0 Å². The van der Waals surface area contributed by atoms with E-state index >= 15 is 0 Å². The van der Waals surface area contributed by atoms with E-state index in [2.05, 4.69) is 5.10 Å². The monoisotopic (exact) mass is 308 g/mol. The van der Waals surface area contributed by atoms with Crippen molar-refractivity contribution < 1.29 is 9.84 Å². The van der Waals surface area contributed by atoms with Gasteiger partial charge in [-0.1, -0.05) is 30.7 Å². The van der Waals surface area contributed by atoms with Crippen LogP contribution < -0.4 is 10.3 Å². The van der Waals surface area contributed by atoms with Crippen LogP contribution in [0, 0.1) is 0 Å². The van der Waals surface area contributed by atoms with Crippen LogP contribution >= 0.6 is 11.6 Å². The van der Waals surface area contributed by atoms with Crippen molar-refractivity contribution in [3.8, 4) is 5.75 Å². The van der Waals surface area contributed by atoms with Crippen molar-refractivity contribution in [3.63, 3.8) is 0 Å². The number of rotatable bonds is 5. The molecule has 1 atom stereocenters. The molecule has 5 nitrogen and oxygen atoms in total. The third-order valence-electron chi connectivity index (χ3n) is 3.29. The fourth-order valence-electron chi connectivity index (χ4n) is 2.04. The molecule has 2 rings (SSSR count). The van der Waals surface area contributed by atoms with Crippen LogP contribution in [-0.4, -0.2) is 28.6 Å². The van der Waals surface area contributed by atoms with E-state index in [1.165, 1.54) is 10.9 Å². The molecular formula is C15H17ClN2O3. The van der Waals surface area contributed by atoms with E-state index in [0.29, 0.717) is 12.1 Å². The maximum absolute atomic E-state index is 12.4. The van der Waals surface area contributed by atoms with Crippen molar-refractivity contribution in [3.05, 3.63) is 57.0 Å². The Balaban J connectivity index is 2.34. The van der Waals surface area contributed by atoms with Crippen LogP contribution in [0.2, 0.25) is 5.02 Å². The predicted octanol–water partition coefficient (Wildman–Crippen LogP) is 2.05. The molecule has 0 amide bonds. The lowest BCUT2D eigenvalue weighted by Crippen LogP contribution is -2.28. The molecule has 1 unspecified atom stereocenters. The maximum atomic E-state index is 12.4. The lowest BCUT2D eigenvalue weighted by Gasteiger charge is -2.12.